The van der Waals surface area contributed by atoms with Gasteiger partial charge in [-0.25, -0.2) is 9.97 Å². The zero-order valence-corrected chi connectivity index (χ0v) is 11.9. The largest absolute Gasteiger partial charge is 0.232 e. The van der Waals surface area contributed by atoms with E-state index in [4.69, 9.17) is 11.6 Å². The molecule has 0 saturated heterocycles. The van der Waals surface area contributed by atoms with Gasteiger partial charge in [-0.15, -0.1) is 11.3 Å². The molecule has 2 nitrogen and oxygen atoms in total. The van der Waals surface area contributed by atoms with Crippen molar-refractivity contribution >= 4 is 38.9 Å². The van der Waals surface area contributed by atoms with Gasteiger partial charge in [0.15, 0.2) is 5.82 Å². The van der Waals surface area contributed by atoms with Crippen molar-refractivity contribution in [3.63, 3.8) is 0 Å². The molecule has 0 radical (unpaired) electrons. The van der Waals surface area contributed by atoms with Crippen LogP contribution in [0.15, 0.2) is 22.0 Å². The third kappa shape index (κ3) is 2.81. The SMILES string of the molecule is CCCc1cc(Cl)nc(-c2ccc(Br)s2)n1. The summed E-state index contributed by atoms with van der Waals surface area (Å²) in [4.78, 5) is 9.78. The third-order valence-corrected chi connectivity index (χ3v) is 3.86. The van der Waals surface area contributed by atoms with Crippen molar-refractivity contribution in [3.05, 3.63) is 32.8 Å². The lowest BCUT2D eigenvalue weighted by atomic mass is 10.2. The van der Waals surface area contributed by atoms with Gasteiger partial charge in [-0.05, 0) is 40.5 Å². The molecule has 2 aromatic rings. The first kappa shape index (κ1) is 12.0. The van der Waals surface area contributed by atoms with Crippen LogP contribution in [0.4, 0.5) is 0 Å². The zero-order chi connectivity index (χ0) is 11.5. The number of hydrogen-bond donors (Lipinski definition) is 0. The fourth-order valence-corrected chi connectivity index (χ4v) is 2.92. The van der Waals surface area contributed by atoms with Gasteiger partial charge in [0.05, 0.1) is 8.66 Å². The summed E-state index contributed by atoms with van der Waals surface area (Å²) in [5.41, 5.74) is 1.00. The van der Waals surface area contributed by atoms with E-state index in [9.17, 15) is 0 Å². The van der Waals surface area contributed by atoms with Gasteiger partial charge in [-0.2, -0.15) is 0 Å². The van der Waals surface area contributed by atoms with E-state index in [1.165, 1.54) is 0 Å². The lowest BCUT2D eigenvalue weighted by molar-refractivity contribution is 0.876. The van der Waals surface area contributed by atoms with E-state index in [1.807, 2.05) is 18.2 Å². The second kappa shape index (κ2) is 5.25. The highest BCUT2D eigenvalue weighted by Crippen LogP contribution is 2.29. The minimum atomic E-state index is 0.512. The van der Waals surface area contributed by atoms with Crippen LogP contribution in [-0.4, -0.2) is 9.97 Å². The lowest BCUT2D eigenvalue weighted by Gasteiger charge is -2.02. The smallest absolute Gasteiger partial charge is 0.171 e. The summed E-state index contributed by atoms with van der Waals surface area (Å²) in [6.45, 7) is 2.12. The topological polar surface area (TPSA) is 25.8 Å². The Morgan fingerprint density at radius 2 is 2.19 bits per heavy atom. The Morgan fingerprint density at radius 3 is 2.81 bits per heavy atom. The van der Waals surface area contributed by atoms with E-state index < -0.39 is 0 Å². The van der Waals surface area contributed by atoms with Crippen molar-refractivity contribution in [3.8, 4) is 10.7 Å². The number of rotatable bonds is 3. The third-order valence-electron chi connectivity index (χ3n) is 2.05. The molecule has 0 fully saturated rings. The molecule has 2 heterocycles. The Kier molecular flexibility index (Phi) is 3.95. The summed E-state index contributed by atoms with van der Waals surface area (Å²) in [7, 11) is 0. The van der Waals surface area contributed by atoms with Gasteiger partial charge in [0.1, 0.15) is 5.15 Å². The fourth-order valence-electron chi connectivity index (χ4n) is 1.39. The first-order valence-corrected chi connectivity index (χ1v) is 6.97. The van der Waals surface area contributed by atoms with E-state index >= 15 is 0 Å². The highest BCUT2D eigenvalue weighted by atomic mass is 79.9. The highest BCUT2D eigenvalue weighted by Gasteiger charge is 2.07. The number of halogens is 2. The number of aromatic nitrogens is 2. The summed E-state index contributed by atoms with van der Waals surface area (Å²) in [5, 5.41) is 0.512. The maximum absolute atomic E-state index is 5.98. The van der Waals surface area contributed by atoms with Gasteiger partial charge in [-0.1, -0.05) is 24.9 Å². The van der Waals surface area contributed by atoms with Crippen molar-refractivity contribution in [2.75, 3.05) is 0 Å². The Bertz CT molecular complexity index is 498. The predicted molar refractivity (Wildman–Crippen MR) is 72.1 cm³/mol. The summed E-state index contributed by atoms with van der Waals surface area (Å²) in [6.07, 6.45) is 1.99. The molecule has 2 aromatic heterocycles. The van der Waals surface area contributed by atoms with Crippen molar-refractivity contribution in [2.45, 2.75) is 19.8 Å². The molecule has 0 aromatic carbocycles. The maximum atomic E-state index is 5.98. The Hall–Kier alpha value is -0.450. The van der Waals surface area contributed by atoms with Crippen LogP contribution in [0.2, 0.25) is 5.15 Å². The molecule has 0 spiro atoms. The van der Waals surface area contributed by atoms with Gasteiger partial charge in [-0.3, -0.25) is 0 Å². The molecule has 16 heavy (non-hydrogen) atoms. The van der Waals surface area contributed by atoms with Crippen LogP contribution in [0.1, 0.15) is 19.0 Å². The Balaban J connectivity index is 2.40. The normalized spacial score (nSPS) is 10.7. The van der Waals surface area contributed by atoms with Crippen LogP contribution in [0, 0.1) is 0 Å². The number of nitrogens with zero attached hydrogens (tertiary/aromatic N) is 2. The molecule has 0 N–H and O–H groups in total. The molecule has 0 aliphatic carbocycles. The summed E-state index contributed by atoms with van der Waals surface area (Å²) < 4.78 is 1.07. The van der Waals surface area contributed by atoms with E-state index in [0.717, 1.165) is 27.2 Å². The monoisotopic (exact) mass is 316 g/mol. The van der Waals surface area contributed by atoms with Gasteiger partial charge in [0.25, 0.3) is 0 Å². The Morgan fingerprint density at radius 1 is 1.38 bits per heavy atom. The average Bonchev–Trinajstić information content (AvgIpc) is 2.64. The molecule has 0 aliphatic rings. The minimum absolute atomic E-state index is 0.512. The lowest BCUT2D eigenvalue weighted by Crippen LogP contribution is -1.94. The molecule has 5 heteroatoms. The van der Waals surface area contributed by atoms with Crippen LogP contribution < -0.4 is 0 Å². The molecule has 0 atom stereocenters. The standard InChI is InChI=1S/C11H10BrClN2S/c1-2-3-7-6-10(13)15-11(14-7)8-4-5-9(12)16-8/h4-6H,2-3H2,1H3. The first-order chi connectivity index (χ1) is 7.69. The molecule has 0 aliphatic heterocycles. The average molecular weight is 318 g/mol. The molecular formula is C11H10BrClN2S. The molecule has 0 amide bonds. The Labute approximate surface area is 112 Å². The number of thiophene rings is 1. The van der Waals surface area contributed by atoms with Gasteiger partial charge in [0.2, 0.25) is 0 Å². The van der Waals surface area contributed by atoms with Gasteiger partial charge >= 0.3 is 0 Å². The van der Waals surface area contributed by atoms with E-state index in [0.29, 0.717) is 11.0 Å². The van der Waals surface area contributed by atoms with Crippen LogP contribution in [0.25, 0.3) is 10.7 Å². The van der Waals surface area contributed by atoms with Crippen molar-refractivity contribution in [1.29, 1.82) is 0 Å². The highest BCUT2D eigenvalue weighted by molar-refractivity contribution is 9.11. The number of aryl methyl sites for hydroxylation is 1. The van der Waals surface area contributed by atoms with Crippen LogP contribution in [0.5, 0.6) is 0 Å². The van der Waals surface area contributed by atoms with Crippen LogP contribution >= 0.6 is 38.9 Å². The molecule has 0 bridgehead atoms. The van der Waals surface area contributed by atoms with Crippen LogP contribution in [0.3, 0.4) is 0 Å². The van der Waals surface area contributed by atoms with Gasteiger partial charge < -0.3 is 0 Å². The van der Waals surface area contributed by atoms with Crippen molar-refractivity contribution in [1.82, 2.24) is 9.97 Å². The van der Waals surface area contributed by atoms with E-state index in [1.54, 1.807) is 11.3 Å². The molecule has 0 saturated carbocycles. The van der Waals surface area contributed by atoms with Gasteiger partial charge in [0, 0.05) is 5.69 Å². The summed E-state index contributed by atoms with van der Waals surface area (Å²) in [6, 6.07) is 5.82. The summed E-state index contributed by atoms with van der Waals surface area (Å²) in [5.74, 6) is 0.714. The van der Waals surface area contributed by atoms with Crippen molar-refractivity contribution in [2.24, 2.45) is 0 Å². The molecule has 0 unspecified atom stereocenters. The van der Waals surface area contributed by atoms with Crippen molar-refractivity contribution < 1.29 is 0 Å². The quantitative estimate of drug-likeness (QED) is 0.775. The second-order valence-corrected chi connectivity index (χ2v) is 6.21. The summed E-state index contributed by atoms with van der Waals surface area (Å²) >= 11 is 11.0. The second-order valence-electron chi connectivity index (χ2n) is 3.36. The number of hydrogen-bond acceptors (Lipinski definition) is 3. The minimum Gasteiger partial charge on any atom is -0.232 e. The zero-order valence-electron chi connectivity index (χ0n) is 8.70. The molecular weight excluding hydrogens is 308 g/mol. The molecule has 2 rings (SSSR count). The van der Waals surface area contributed by atoms with E-state index in [2.05, 4.69) is 32.8 Å². The van der Waals surface area contributed by atoms with Crippen LogP contribution in [-0.2, 0) is 6.42 Å². The fraction of sp³-hybridized carbons (Fsp3) is 0.273. The first-order valence-electron chi connectivity index (χ1n) is 4.98. The molecule has 84 valence electrons. The van der Waals surface area contributed by atoms with E-state index in [-0.39, 0.29) is 0 Å². The maximum Gasteiger partial charge on any atom is 0.171 e. The predicted octanol–water partition coefficient (Wildman–Crippen LogP) is 4.57.